The van der Waals surface area contributed by atoms with Crippen LogP contribution in [0.2, 0.25) is 0 Å². The smallest absolute Gasteiger partial charge is 0.391 e. The maximum atomic E-state index is 12.5. The van der Waals surface area contributed by atoms with E-state index < -0.39 is 12.1 Å². The number of aryl methyl sites for hydroxylation is 1. The summed E-state index contributed by atoms with van der Waals surface area (Å²) >= 11 is 1.43. The summed E-state index contributed by atoms with van der Waals surface area (Å²) in [7, 11) is 0. The number of aliphatic hydroxyl groups excluding tert-OH is 1. The topological polar surface area (TPSA) is 33.1 Å². The van der Waals surface area contributed by atoms with Gasteiger partial charge in [-0.3, -0.25) is 0 Å². The third-order valence-electron chi connectivity index (χ3n) is 3.59. The van der Waals surface area contributed by atoms with E-state index in [-0.39, 0.29) is 25.4 Å². The molecule has 2 rings (SSSR count). The summed E-state index contributed by atoms with van der Waals surface area (Å²) in [6.45, 7) is 1.79. The molecule has 0 bridgehead atoms. The number of hydrogen-bond donors (Lipinski definition) is 1. The van der Waals surface area contributed by atoms with Gasteiger partial charge < -0.3 is 5.11 Å². The van der Waals surface area contributed by atoms with Crippen molar-refractivity contribution in [3.63, 3.8) is 0 Å². The van der Waals surface area contributed by atoms with Crippen LogP contribution in [0.1, 0.15) is 47.2 Å². The van der Waals surface area contributed by atoms with Crippen LogP contribution >= 0.6 is 11.3 Å². The van der Waals surface area contributed by atoms with Gasteiger partial charge in [0.1, 0.15) is 0 Å². The van der Waals surface area contributed by atoms with Gasteiger partial charge in [0.05, 0.1) is 28.1 Å². The first-order chi connectivity index (χ1) is 8.41. The Bertz CT molecular complexity index is 408. The molecule has 0 unspecified atom stereocenters. The molecular weight excluding hydrogens is 263 g/mol. The van der Waals surface area contributed by atoms with Gasteiger partial charge in [0, 0.05) is 5.92 Å². The first kappa shape index (κ1) is 13.8. The van der Waals surface area contributed by atoms with Crippen molar-refractivity contribution in [3.05, 3.63) is 15.6 Å². The average molecular weight is 279 g/mol. The lowest BCUT2D eigenvalue weighted by molar-refractivity contribution is -0.182. The van der Waals surface area contributed by atoms with Gasteiger partial charge in [-0.1, -0.05) is 0 Å². The van der Waals surface area contributed by atoms with Gasteiger partial charge in [-0.25, -0.2) is 4.98 Å². The third-order valence-corrected chi connectivity index (χ3v) is 4.90. The van der Waals surface area contributed by atoms with E-state index >= 15 is 0 Å². The number of thiazole rings is 1. The quantitative estimate of drug-likeness (QED) is 0.893. The molecule has 0 radical (unpaired) electrons. The van der Waals surface area contributed by atoms with Crippen molar-refractivity contribution in [1.29, 1.82) is 0 Å². The van der Waals surface area contributed by atoms with Crippen molar-refractivity contribution in [3.8, 4) is 0 Å². The van der Waals surface area contributed by atoms with E-state index in [4.69, 9.17) is 5.11 Å². The minimum absolute atomic E-state index is 0.0403. The standard InChI is InChI=1S/C12H16F3NOS/c1-7-10(6-17)18-11(16-7)8-2-4-9(5-3-8)12(13,14)15/h8-9,17H,2-6H2,1H3/t8-,9-. The van der Waals surface area contributed by atoms with Crippen molar-refractivity contribution in [2.75, 3.05) is 0 Å². The zero-order valence-electron chi connectivity index (χ0n) is 10.1. The molecule has 0 atom stereocenters. The molecule has 1 N–H and O–H groups in total. The fourth-order valence-electron chi connectivity index (χ4n) is 2.44. The highest BCUT2D eigenvalue weighted by Gasteiger charge is 2.41. The number of halogens is 3. The number of rotatable bonds is 2. The molecule has 102 valence electrons. The monoisotopic (exact) mass is 279 g/mol. The molecule has 18 heavy (non-hydrogen) atoms. The van der Waals surface area contributed by atoms with Gasteiger partial charge in [0.25, 0.3) is 0 Å². The first-order valence-electron chi connectivity index (χ1n) is 6.05. The highest BCUT2D eigenvalue weighted by Crippen LogP contribution is 2.43. The molecule has 1 aliphatic carbocycles. The van der Waals surface area contributed by atoms with Gasteiger partial charge in [0.2, 0.25) is 0 Å². The average Bonchev–Trinajstić information content (AvgIpc) is 2.69. The van der Waals surface area contributed by atoms with E-state index in [1.165, 1.54) is 11.3 Å². The van der Waals surface area contributed by atoms with Crippen LogP contribution in [0.5, 0.6) is 0 Å². The largest absolute Gasteiger partial charge is 0.391 e. The van der Waals surface area contributed by atoms with E-state index in [1.54, 1.807) is 0 Å². The lowest BCUT2D eigenvalue weighted by atomic mass is 9.82. The highest BCUT2D eigenvalue weighted by molar-refractivity contribution is 7.11. The summed E-state index contributed by atoms with van der Waals surface area (Å²) in [5, 5.41) is 9.99. The van der Waals surface area contributed by atoms with E-state index in [0.717, 1.165) is 15.6 Å². The lowest BCUT2D eigenvalue weighted by Gasteiger charge is -2.28. The van der Waals surface area contributed by atoms with Crippen molar-refractivity contribution in [2.24, 2.45) is 5.92 Å². The SMILES string of the molecule is Cc1nc([C@H]2CC[C@H](C(F)(F)F)CC2)sc1CO. The molecule has 1 fully saturated rings. The van der Waals surface area contributed by atoms with E-state index in [1.807, 2.05) is 6.92 Å². The predicted molar refractivity (Wildman–Crippen MR) is 63.5 cm³/mol. The normalized spacial score (nSPS) is 25.4. The molecule has 2 nitrogen and oxygen atoms in total. The molecule has 0 aromatic carbocycles. The van der Waals surface area contributed by atoms with Crippen molar-refractivity contribution >= 4 is 11.3 Å². The van der Waals surface area contributed by atoms with E-state index in [2.05, 4.69) is 4.98 Å². The van der Waals surface area contributed by atoms with Crippen LogP contribution in [-0.2, 0) is 6.61 Å². The second-order valence-corrected chi connectivity index (χ2v) is 5.92. The summed E-state index contributed by atoms with van der Waals surface area (Å²) in [5.41, 5.74) is 0.801. The number of hydrogen-bond acceptors (Lipinski definition) is 3. The number of aromatic nitrogens is 1. The zero-order chi connectivity index (χ0) is 13.3. The van der Waals surface area contributed by atoms with Gasteiger partial charge in [-0.2, -0.15) is 13.2 Å². The van der Waals surface area contributed by atoms with Crippen LogP contribution in [0, 0.1) is 12.8 Å². The molecule has 0 saturated heterocycles. The number of aliphatic hydroxyl groups is 1. The number of alkyl halides is 3. The molecule has 1 aromatic heterocycles. The summed E-state index contributed by atoms with van der Waals surface area (Å²) in [6, 6.07) is 0. The predicted octanol–water partition coefficient (Wildman–Crippen LogP) is 3.78. The Balaban J connectivity index is 2.01. The Morgan fingerprint density at radius 2 is 1.89 bits per heavy atom. The third kappa shape index (κ3) is 2.85. The zero-order valence-corrected chi connectivity index (χ0v) is 10.9. The van der Waals surface area contributed by atoms with E-state index in [0.29, 0.717) is 12.8 Å². The van der Waals surface area contributed by atoms with E-state index in [9.17, 15) is 13.2 Å². The Hall–Kier alpha value is -0.620. The minimum Gasteiger partial charge on any atom is -0.391 e. The molecule has 1 heterocycles. The lowest BCUT2D eigenvalue weighted by Crippen LogP contribution is -2.27. The van der Waals surface area contributed by atoms with Crippen LogP contribution < -0.4 is 0 Å². The van der Waals surface area contributed by atoms with Crippen molar-refractivity contribution in [1.82, 2.24) is 4.98 Å². The molecular formula is C12H16F3NOS. The Kier molecular flexibility index (Phi) is 3.96. The minimum atomic E-state index is -4.06. The van der Waals surface area contributed by atoms with Crippen molar-refractivity contribution < 1.29 is 18.3 Å². The molecule has 0 amide bonds. The van der Waals surface area contributed by atoms with Crippen molar-refractivity contribution in [2.45, 2.75) is 51.3 Å². The fraction of sp³-hybridized carbons (Fsp3) is 0.750. The van der Waals surface area contributed by atoms with Crippen LogP contribution in [0.15, 0.2) is 0 Å². The Labute approximate surface area is 108 Å². The van der Waals surface area contributed by atoms with Crippen LogP contribution in [-0.4, -0.2) is 16.3 Å². The number of nitrogens with zero attached hydrogens (tertiary/aromatic N) is 1. The van der Waals surface area contributed by atoms with Gasteiger partial charge in [-0.05, 0) is 32.6 Å². The molecule has 1 aliphatic rings. The second-order valence-electron chi connectivity index (χ2n) is 4.81. The Morgan fingerprint density at radius 3 is 2.33 bits per heavy atom. The maximum Gasteiger partial charge on any atom is 0.391 e. The summed E-state index contributed by atoms with van der Waals surface area (Å²) in [4.78, 5) is 5.19. The summed E-state index contributed by atoms with van der Waals surface area (Å²) < 4.78 is 37.6. The van der Waals surface area contributed by atoms with Gasteiger partial charge in [-0.15, -0.1) is 11.3 Å². The summed E-state index contributed by atoms with van der Waals surface area (Å²) in [5.74, 6) is -1.01. The first-order valence-corrected chi connectivity index (χ1v) is 6.87. The maximum absolute atomic E-state index is 12.5. The fourth-order valence-corrected chi connectivity index (χ4v) is 3.53. The molecule has 1 saturated carbocycles. The van der Waals surface area contributed by atoms with Crippen LogP contribution in [0.25, 0.3) is 0 Å². The molecule has 6 heteroatoms. The molecule has 1 aromatic rings. The Morgan fingerprint density at radius 1 is 1.28 bits per heavy atom. The van der Waals surface area contributed by atoms with Crippen LogP contribution in [0.3, 0.4) is 0 Å². The van der Waals surface area contributed by atoms with Gasteiger partial charge in [0.15, 0.2) is 0 Å². The molecule has 0 aliphatic heterocycles. The second kappa shape index (κ2) is 5.17. The highest BCUT2D eigenvalue weighted by atomic mass is 32.1. The molecule has 0 spiro atoms. The van der Waals surface area contributed by atoms with Crippen LogP contribution in [0.4, 0.5) is 13.2 Å². The van der Waals surface area contributed by atoms with Gasteiger partial charge >= 0.3 is 6.18 Å². The summed E-state index contributed by atoms with van der Waals surface area (Å²) in [6.07, 6.45) is -2.58.